The summed E-state index contributed by atoms with van der Waals surface area (Å²) in [4.78, 5) is 11.0. The second kappa shape index (κ2) is 4.94. The first kappa shape index (κ1) is 12.8. The number of rotatable bonds is 6. The van der Waals surface area contributed by atoms with Crippen LogP contribution in [-0.4, -0.2) is 29.3 Å². The van der Waals surface area contributed by atoms with Crippen molar-refractivity contribution in [2.24, 2.45) is 5.41 Å². The van der Waals surface area contributed by atoms with Crippen molar-refractivity contribution < 1.29 is 19.4 Å². The number of carbonyl (C=O) groups is 1. The van der Waals surface area contributed by atoms with Gasteiger partial charge in [0.2, 0.25) is 0 Å². The lowest BCUT2D eigenvalue weighted by molar-refractivity contribution is 0.0697. The maximum absolute atomic E-state index is 13.6. The van der Waals surface area contributed by atoms with Gasteiger partial charge in [0.15, 0.2) is 0 Å². The normalized spacial score (nSPS) is 16.3. The third-order valence-corrected chi connectivity index (χ3v) is 3.48. The van der Waals surface area contributed by atoms with Gasteiger partial charge < -0.3 is 15.5 Å². The second-order valence-corrected chi connectivity index (χ2v) is 4.79. The molecule has 0 saturated heterocycles. The molecule has 1 saturated carbocycles. The Bertz CT molecular complexity index is 458. The maximum atomic E-state index is 13.6. The van der Waals surface area contributed by atoms with Gasteiger partial charge in [-0.3, -0.25) is 0 Å². The molecule has 1 aromatic rings. The Labute approximate surface area is 104 Å². The highest BCUT2D eigenvalue weighted by molar-refractivity contribution is 5.94. The zero-order valence-electron chi connectivity index (χ0n) is 9.95. The van der Waals surface area contributed by atoms with Gasteiger partial charge in [-0.1, -0.05) is 6.07 Å². The topological polar surface area (TPSA) is 69.6 Å². The summed E-state index contributed by atoms with van der Waals surface area (Å²) >= 11 is 0. The summed E-state index contributed by atoms with van der Waals surface area (Å²) in [5.74, 6) is -1.71. The van der Waals surface area contributed by atoms with E-state index >= 15 is 0 Å². The van der Waals surface area contributed by atoms with Crippen molar-refractivity contribution in [3.63, 3.8) is 0 Å². The number of carboxylic acid groups (broad SMARTS) is 1. The van der Waals surface area contributed by atoms with Crippen molar-refractivity contribution in [2.75, 3.05) is 18.5 Å². The van der Waals surface area contributed by atoms with Gasteiger partial charge >= 0.3 is 5.97 Å². The fraction of sp³-hybridized carbons (Fsp3) is 0.462. The number of hydrogen-bond acceptors (Lipinski definition) is 3. The first-order valence-electron chi connectivity index (χ1n) is 5.94. The molecule has 0 aromatic heterocycles. The molecule has 3 N–H and O–H groups in total. The van der Waals surface area contributed by atoms with Gasteiger partial charge in [-0.2, -0.15) is 0 Å². The first-order chi connectivity index (χ1) is 8.58. The van der Waals surface area contributed by atoms with Gasteiger partial charge in [0.25, 0.3) is 0 Å². The molecule has 18 heavy (non-hydrogen) atoms. The van der Waals surface area contributed by atoms with Crippen LogP contribution in [0, 0.1) is 11.2 Å². The molecule has 0 radical (unpaired) electrons. The monoisotopic (exact) mass is 253 g/mol. The second-order valence-electron chi connectivity index (χ2n) is 4.79. The summed E-state index contributed by atoms with van der Waals surface area (Å²) in [6.45, 7) is 0.597. The molecule has 5 heteroatoms. The lowest BCUT2D eigenvalue weighted by Gasteiger charge is -2.17. The molecule has 2 rings (SSSR count). The number of halogens is 1. The van der Waals surface area contributed by atoms with E-state index in [-0.39, 0.29) is 23.3 Å². The van der Waals surface area contributed by atoms with Crippen molar-refractivity contribution in [3.8, 4) is 0 Å². The molecule has 0 heterocycles. The van der Waals surface area contributed by atoms with E-state index in [1.165, 1.54) is 18.2 Å². The summed E-state index contributed by atoms with van der Waals surface area (Å²) < 4.78 is 13.6. The van der Waals surface area contributed by atoms with E-state index in [1.54, 1.807) is 0 Å². The predicted octanol–water partition coefficient (Wildman–Crippen LogP) is 2.10. The van der Waals surface area contributed by atoms with E-state index in [2.05, 4.69) is 5.32 Å². The van der Waals surface area contributed by atoms with E-state index < -0.39 is 11.8 Å². The smallest absolute Gasteiger partial charge is 0.337 e. The minimum atomic E-state index is -1.15. The van der Waals surface area contributed by atoms with Crippen molar-refractivity contribution in [1.82, 2.24) is 0 Å². The number of aliphatic hydroxyl groups excluding tert-OH is 1. The van der Waals surface area contributed by atoms with Crippen molar-refractivity contribution in [2.45, 2.75) is 19.3 Å². The van der Waals surface area contributed by atoms with E-state index in [9.17, 15) is 9.18 Å². The summed E-state index contributed by atoms with van der Waals surface area (Å²) in [6, 6.07) is 3.99. The van der Waals surface area contributed by atoms with Crippen LogP contribution < -0.4 is 5.32 Å². The van der Waals surface area contributed by atoms with Crippen LogP contribution in [0.4, 0.5) is 10.1 Å². The number of hydrogen-bond donors (Lipinski definition) is 3. The molecule has 0 atom stereocenters. The number of nitrogens with one attached hydrogen (secondary N) is 1. The maximum Gasteiger partial charge on any atom is 0.337 e. The standard InChI is InChI=1S/C13H16FNO3/c14-10-3-1-2-9(12(17)18)11(10)15-8-13(4-5-13)6-7-16/h1-3,15-16H,4-8H2,(H,17,18). The summed E-state index contributed by atoms with van der Waals surface area (Å²) in [6.07, 6.45) is 2.63. The molecule has 0 spiro atoms. The molecule has 1 fully saturated rings. The Balaban J connectivity index is 2.11. The zero-order chi connectivity index (χ0) is 13.2. The van der Waals surface area contributed by atoms with Crippen LogP contribution in [0.25, 0.3) is 0 Å². The van der Waals surface area contributed by atoms with Crippen molar-refractivity contribution in [1.29, 1.82) is 0 Å². The average molecular weight is 253 g/mol. The van der Waals surface area contributed by atoms with Gasteiger partial charge in [0, 0.05) is 13.2 Å². The molecule has 1 aromatic carbocycles. The number of para-hydroxylation sites is 1. The molecule has 98 valence electrons. The summed E-state index contributed by atoms with van der Waals surface area (Å²) in [5.41, 5.74) is -0.0173. The van der Waals surface area contributed by atoms with Crippen LogP contribution in [0.3, 0.4) is 0 Å². The molecule has 1 aliphatic carbocycles. The number of benzene rings is 1. The highest BCUT2D eigenvalue weighted by atomic mass is 19.1. The quantitative estimate of drug-likeness (QED) is 0.726. The average Bonchev–Trinajstić information content (AvgIpc) is 3.08. The molecule has 0 bridgehead atoms. The molecular weight excluding hydrogens is 237 g/mol. The highest BCUT2D eigenvalue weighted by Gasteiger charge is 2.41. The van der Waals surface area contributed by atoms with Gasteiger partial charge in [0.05, 0.1) is 11.3 Å². The van der Waals surface area contributed by atoms with Crippen LogP contribution in [0.2, 0.25) is 0 Å². The van der Waals surface area contributed by atoms with Crippen LogP contribution in [0.5, 0.6) is 0 Å². The fourth-order valence-corrected chi connectivity index (χ4v) is 2.09. The van der Waals surface area contributed by atoms with E-state index in [1.807, 2.05) is 0 Å². The van der Waals surface area contributed by atoms with E-state index in [0.29, 0.717) is 13.0 Å². The Kier molecular flexibility index (Phi) is 3.52. The van der Waals surface area contributed by atoms with Crippen molar-refractivity contribution in [3.05, 3.63) is 29.6 Å². The largest absolute Gasteiger partial charge is 0.478 e. The SMILES string of the molecule is O=C(O)c1cccc(F)c1NCC1(CCO)CC1. The lowest BCUT2D eigenvalue weighted by Crippen LogP contribution is -2.19. The molecule has 1 aliphatic rings. The molecular formula is C13H16FNO3. The summed E-state index contributed by atoms with van der Waals surface area (Å²) in [5, 5.41) is 20.8. The molecule has 0 aliphatic heterocycles. The minimum Gasteiger partial charge on any atom is -0.478 e. The Morgan fingerprint density at radius 1 is 1.44 bits per heavy atom. The van der Waals surface area contributed by atoms with Gasteiger partial charge in [0.1, 0.15) is 5.82 Å². The van der Waals surface area contributed by atoms with Gasteiger partial charge in [-0.25, -0.2) is 9.18 Å². The number of aliphatic hydroxyl groups is 1. The van der Waals surface area contributed by atoms with Crippen LogP contribution in [-0.2, 0) is 0 Å². The molecule has 4 nitrogen and oxygen atoms in total. The van der Waals surface area contributed by atoms with Crippen LogP contribution in [0.15, 0.2) is 18.2 Å². The third-order valence-electron chi connectivity index (χ3n) is 3.48. The molecule has 0 amide bonds. The van der Waals surface area contributed by atoms with E-state index in [0.717, 1.165) is 12.8 Å². The number of anilines is 1. The summed E-state index contributed by atoms with van der Waals surface area (Å²) in [7, 11) is 0. The minimum absolute atomic E-state index is 0.00675. The Hall–Kier alpha value is -1.62. The third kappa shape index (κ3) is 2.61. The van der Waals surface area contributed by atoms with Crippen LogP contribution in [0.1, 0.15) is 29.6 Å². The lowest BCUT2D eigenvalue weighted by atomic mass is 10.0. The fourth-order valence-electron chi connectivity index (χ4n) is 2.09. The Morgan fingerprint density at radius 2 is 2.17 bits per heavy atom. The zero-order valence-corrected chi connectivity index (χ0v) is 9.95. The number of carboxylic acids is 1. The van der Waals surface area contributed by atoms with E-state index in [4.69, 9.17) is 10.2 Å². The van der Waals surface area contributed by atoms with Gasteiger partial charge in [-0.15, -0.1) is 0 Å². The van der Waals surface area contributed by atoms with Crippen LogP contribution >= 0.6 is 0 Å². The highest BCUT2D eigenvalue weighted by Crippen LogP contribution is 2.48. The number of aromatic carboxylic acids is 1. The Morgan fingerprint density at radius 3 is 2.72 bits per heavy atom. The molecule has 0 unspecified atom stereocenters. The first-order valence-corrected chi connectivity index (χ1v) is 5.94. The van der Waals surface area contributed by atoms with Gasteiger partial charge in [-0.05, 0) is 36.8 Å². The van der Waals surface area contributed by atoms with Crippen molar-refractivity contribution >= 4 is 11.7 Å². The predicted molar refractivity (Wildman–Crippen MR) is 65.2 cm³/mol.